The number of hydrogen-bond acceptors (Lipinski definition) is 2. The molecule has 0 spiro atoms. The van der Waals surface area contributed by atoms with Gasteiger partial charge in [0, 0.05) is 12.6 Å². The van der Waals surface area contributed by atoms with E-state index >= 15 is 0 Å². The van der Waals surface area contributed by atoms with Gasteiger partial charge in [-0.05, 0) is 19.0 Å². The van der Waals surface area contributed by atoms with Crippen molar-refractivity contribution in [1.29, 1.82) is 0 Å². The van der Waals surface area contributed by atoms with Crippen LogP contribution < -0.4 is 5.32 Å². The zero-order chi connectivity index (χ0) is 12.0. The van der Waals surface area contributed by atoms with E-state index in [0.717, 1.165) is 18.7 Å². The summed E-state index contributed by atoms with van der Waals surface area (Å²) >= 11 is 11.9. The number of aromatic nitrogens is 1. The lowest BCUT2D eigenvalue weighted by molar-refractivity contribution is 0.531. The van der Waals surface area contributed by atoms with Crippen molar-refractivity contribution >= 4 is 23.2 Å². The van der Waals surface area contributed by atoms with Gasteiger partial charge in [0.1, 0.15) is 0 Å². The van der Waals surface area contributed by atoms with Crippen molar-refractivity contribution in [1.82, 2.24) is 10.3 Å². The van der Waals surface area contributed by atoms with Crippen molar-refractivity contribution in [2.24, 2.45) is 0 Å². The Morgan fingerprint density at radius 1 is 1.56 bits per heavy atom. The highest BCUT2D eigenvalue weighted by Crippen LogP contribution is 2.25. The first-order chi connectivity index (χ1) is 7.69. The molecule has 1 N–H and O–H groups in total. The van der Waals surface area contributed by atoms with Gasteiger partial charge in [0.2, 0.25) is 0 Å². The van der Waals surface area contributed by atoms with Crippen molar-refractivity contribution in [3.63, 3.8) is 0 Å². The molecular formula is C12H14Cl2N2. The molecule has 1 atom stereocenters. The first-order valence-electron chi connectivity index (χ1n) is 5.16. The molecule has 0 aliphatic rings. The van der Waals surface area contributed by atoms with E-state index in [4.69, 9.17) is 29.6 Å². The molecule has 4 heteroatoms. The van der Waals surface area contributed by atoms with Crippen LogP contribution in [0.3, 0.4) is 0 Å². The summed E-state index contributed by atoms with van der Waals surface area (Å²) in [6, 6.07) is 1.68. The van der Waals surface area contributed by atoms with Crippen molar-refractivity contribution in [2.75, 3.05) is 6.54 Å². The number of rotatable bonds is 5. The second-order valence-electron chi connectivity index (χ2n) is 3.44. The fourth-order valence-electron chi connectivity index (χ4n) is 1.38. The Kier molecular flexibility index (Phi) is 5.62. The topological polar surface area (TPSA) is 24.9 Å². The number of halogens is 2. The van der Waals surface area contributed by atoms with Gasteiger partial charge in [-0.25, -0.2) is 0 Å². The SMILES string of the molecule is C#CCC(NCCC)c1ncc(Cl)cc1Cl. The molecule has 0 aliphatic heterocycles. The third-order valence-corrected chi connectivity index (χ3v) is 2.64. The van der Waals surface area contributed by atoms with Gasteiger partial charge in [0.15, 0.2) is 0 Å². The minimum absolute atomic E-state index is 0.00489. The molecule has 1 heterocycles. The zero-order valence-corrected chi connectivity index (χ0v) is 10.6. The molecule has 1 unspecified atom stereocenters. The van der Waals surface area contributed by atoms with Crippen LogP contribution in [-0.2, 0) is 0 Å². The van der Waals surface area contributed by atoms with E-state index in [1.54, 1.807) is 12.3 Å². The lowest BCUT2D eigenvalue weighted by Crippen LogP contribution is -2.23. The van der Waals surface area contributed by atoms with Crippen LogP contribution in [0, 0.1) is 12.3 Å². The lowest BCUT2D eigenvalue weighted by Gasteiger charge is -2.16. The predicted octanol–water partition coefficient (Wildman–Crippen LogP) is 3.45. The predicted molar refractivity (Wildman–Crippen MR) is 68.7 cm³/mol. The van der Waals surface area contributed by atoms with Crippen molar-refractivity contribution < 1.29 is 0 Å². The molecule has 1 aromatic rings. The highest BCUT2D eigenvalue weighted by molar-refractivity contribution is 6.34. The fourth-order valence-corrected chi connectivity index (χ4v) is 1.90. The standard InChI is InChI=1S/C12H14Cl2N2/c1-3-5-11(15-6-4-2)12-10(14)7-9(13)8-16-12/h1,7-8,11,15H,4-6H2,2H3. The third kappa shape index (κ3) is 3.68. The number of terminal acetylenes is 1. The van der Waals surface area contributed by atoms with Gasteiger partial charge in [0.05, 0.1) is 21.8 Å². The molecule has 0 fully saturated rings. The van der Waals surface area contributed by atoms with Crippen LogP contribution >= 0.6 is 23.2 Å². The van der Waals surface area contributed by atoms with Gasteiger partial charge in [-0.1, -0.05) is 30.1 Å². The maximum absolute atomic E-state index is 6.08. The van der Waals surface area contributed by atoms with Crippen LogP contribution in [0.5, 0.6) is 0 Å². The van der Waals surface area contributed by atoms with E-state index in [0.29, 0.717) is 16.5 Å². The molecule has 0 aliphatic carbocycles. The Morgan fingerprint density at radius 3 is 2.88 bits per heavy atom. The Balaban J connectivity index is 2.88. The second-order valence-corrected chi connectivity index (χ2v) is 4.28. The van der Waals surface area contributed by atoms with Gasteiger partial charge in [-0.15, -0.1) is 12.3 Å². The van der Waals surface area contributed by atoms with Crippen molar-refractivity contribution in [3.8, 4) is 12.3 Å². The van der Waals surface area contributed by atoms with E-state index in [-0.39, 0.29) is 6.04 Å². The first-order valence-corrected chi connectivity index (χ1v) is 5.92. The van der Waals surface area contributed by atoms with Gasteiger partial charge in [-0.3, -0.25) is 4.98 Å². The molecule has 0 bridgehead atoms. The first kappa shape index (κ1) is 13.3. The molecule has 0 radical (unpaired) electrons. The van der Waals surface area contributed by atoms with E-state index in [9.17, 15) is 0 Å². The van der Waals surface area contributed by atoms with E-state index in [2.05, 4.69) is 23.1 Å². The monoisotopic (exact) mass is 256 g/mol. The number of nitrogens with zero attached hydrogens (tertiary/aromatic N) is 1. The minimum Gasteiger partial charge on any atom is -0.308 e. The quantitative estimate of drug-likeness (QED) is 0.817. The number of nitrogens with one attached hydrogen (secondary N) is 1. The van der Waals surface area contributed by atoms with Crippen LogP contribution in [0.4, 0.5) is 0 Å². The molecule has 86 valence electrons. The zero-order valence-electron chi connectivity index (χ0n) is 9.13. The molecule has 0 amide bonds. The van der Waals surface area contributed by atoms with Crippen LogP contribution in [0.2, 0.25) is 10.0 Å². The third-order valence-electron chi connectivity index (χ3n) is 2.13. The molecule has 2 nitrogen and oxygen atoms in total. The average Bonchev–Trinajstić information content (AvgIpc) is 2.25. The van der Waals surface area contributed by atoms with Crippen LogP contribution in [0.25, 0.3) is 0 Å². The smallest absolute Gasteiger partial charge is 0.0769 e. The summed E-state index contributed by atoms with van der Waals surface area (Å²) in [6.07, 6.45) is 8.51. The number of hydrogen-bond donors (Lipinski definition) is 1. The van der Waals surface area contributed by atoms with Gasteiger partial charge in [-0.2, -0.15) is 0 Å². The summed E-state index contributed by atoms with van der Waals surface area (Å²) in [5.74, 6) is 2.62. The highest BCUT2D eigenvalue weighted by Gasteiger charge is 2.14. The molecule has 0 aromatic carbocycles. The van der Waals surface area contributed by atoms with Crippen LogP contribution in [0.1, 0.15) is 31.5 Å². The molecule has 16 heavy (non-hydrogen) atoms. The summed E-state index contributed by atoms with van der Waals surface area (Å²) in [4.78, 5) is 4.23. The van der Waals surface area contributed by atoms with Gasteiger partial charge in [0.25, 0.3) is 0 Å². The van der Waals surface area contributed by atoms with E-state index in [1.165, 1.54) is 0 Å². The van der Waals surface area contributed by atoms with Crippen LogP contribution in [-0.4, -0.2) is 11.5 Å². The maximum atomic E-state index is 6.08. The molecule has 1 rings (SSSR count). The summed E-state index contributed by atoms with van der Waals surface area (Å²) < 4.78 is 0. The Bertz CT molecular complexity index is 385. The molecular weight excluding hydrogens is 243 g/mol. The number of pyridine rings is 1. The molecule has 0 saturated carbocycles. The van der Waals surface area contributed by atoms with Crippen molar-refractivity contribution in [2.45, 2.75) is 25.8 Å². The van der Waals surface area contributed by atoms with E-state index in [1.807, 2.05) is 0 Å². The fraction of sp³-hybridized carbons (Fsp3) is 0.417. The largest absolute Gasteiger partial charge is 0.308 e. The average molecular weight is 257 g/mol. The van der Waals surface area contributed by atoms with E-state index < -0.39 is 0 Å². The van der Waals surface area contributed by atoms with Crippen molar-refractivity contribution in [3.05, 3.63) is 28.0 Å². The Hall–Kier alpha value is -0.750. The summed E-state index contributed by atoms with van der Waals surface area (Å²) in [5.41, 5.74) is 0.762. The van der Waals surface area contributed by atoms with Gasteiger partial charge >= 0.3 is 0 Å². The Morgan fingerprint density at radius 2 is 2.31 bits per heavy atom. The summed E-state index contributed by atoms with van der Waals surface area (Å²) in [5, 5.41) is 4.40. The summed E-state index contributed by atoms with van der Waals surface area (Å²) in [6.45, 7) is 2.98. The summed E-state index contributed by atoms with van der Waals surface area (Å²) in [7, 11) is 0. The Labute approximate surface area is 106 Å². The second kappa shape index (κ2) is 6.75. The normalized spacial score (nSPS) is 12.1. The van der Waals surface area contributed by atoms with Gasteiger partial charge < -0.3 is 5.32 Å². The molecule has 0 saturated heterocycles. The van der Waals surface area contributed by atoms with Crippen LogP contribution in [0.15, 0.2) is 12.3 Å². The highest BCUT2D eigenvalue weighted by atomic mass is 35.5. The maximum Gasteiger partial charge on any atom is 0.0769 e. The molecule has 1 aromatic heterocycles. The lowest BCUT2D eigenvalue weighted by atomic mass is 10.1. The minimum atomic E-state index is -0.00489.